The minimum Gasteiger partial charge on any atom is -0.391 e. The third-order valence-corrected chi connectivity index (χ3v) is 27.3. The van der Waals surface area contributed by atoms with E-state index in [-0.39, 0.29) is 60.4 Å². The average molecular weight is 1570 g/mol. The number of likely N-dealkylation sites (tertiary alicyclic amines) is 2. The van der Waals surface area contributed by atoms with Crippen LogP contribution in [0.4, 0.5) is 24.5 Å². The first-order valence-electron chi connectivity index (χ1n) is 37.1. The molecule has 6 atom stereocenters. The minimum atomic E-state index is -6.17. The van der Waals surface area contributed by atoms with E-state index in [9.17, 15) is 54.3 Å². The summed E-state index contributed by atoms with van der Waals surface area (Å²) < 4.78 is 102. The Morgan fingerprint density at radius 3 is 2.17 bits per heavy atom. The van der Waals surface area contributed by atoms with Gasteiger partial charge in [-0.15, -0.1) is 23.1 Å². The first kappa shape index (κ1) is 79.6. The number of carbonyl (C=O) groups excluding carboxylic acids is 4. The molecular weight excluding hydrogens is 1470 g/mol. The number of hydrogen-bond acceptors (Lipinski definition) is 18. The van der Waals surface area contributed by atoms with Crippen LogP contribution in [0.25, 0.3) is 16.0 Å². The highest BCUT2D eigenvalue weighted by Gasteiger charge is 2.49. The fourth-order valence-corrected chi connectivity index (χ4v) is 20.0. The Hall–Kier alpha value is -6.92. The molecule has 0 radical (unpaired) electrons. The van der Waals surface area contributed by atoms with Crippen LogP contribution in [0, 0.1) is 17.8 Å². The van der Waals surface area contributed by atoms with Gasteiger partial charge in [-0.2, -0.15) is 13.2 Å². The number of sulfone groups is 1. The lowest BCUT2D eigenvalue weighted by Crippen LogP contribution is -2.59. The van der Waals surface area contributed by atoms with E-state index >= 15 is 0 Å². The predicted octanol–water partition coefficient (Wildman–Crippen LogP) is 11.7. The molecule has 6 aromatic rings. The van der Waals surface area contributed by atoms with E-state index in [1.165, 1.54) is 39.4 Å². The van der Waals surface area contributed by atoms with Crippen molar-refractivity contribution in [3.63, 3.8) is 0 Å². The molecule has 28 heteroatoms. The number of alkyl halides is 3. The first-order chi connectivity index (χ1) is 50.7. The fraction of sp³-hybridized carbons (Fsp3) is 0.506. The monoisotopic (exact) mass is 1570 g/mol. The van der Waals surface area contributed by atoms with E-state index in [0.29, 0.717) is 62.4 Å². The summed E-state index contributed by atoms with van der Waals surface area (Å²) >= 11 is 9.27. The molecule has 5 aliphatic heterocycles. The highest BCUT2D eigenvalue weighted by molar-refractivity contribution is 7.99. The molecule has 2 unspecified atom stereocenters. The van der Waals surface area contributed by atoms with Crippen LogP contribution in [0.3, 0.4) is 0 Å². The Bertz CT molecular complexity index is 4450. The third-order valence-electron chi connectivity index (χ3n) is 22.1. The number of fused-ring (bicyclic) bond motifs is 3. The second-order valence-electron chi connectivity index (χ2n) is 31.5. The lowest BCUT2D eigenvalue weighted by molar-refractivity contribution is -0.144. The van der Waals surface area contributed by atoms with Gasteiger partial charge < -0.3 is 35.8 Å². The summed E-state index contributed by atoms with van der Waals surface area (Å²) in [7, 11) is -11.1. The maximum atomic E-state index is 14.7. The number of aromatic nitrogens is 1. The van der Waals surface area contributed by atoms with E-state index in [4.69, 9.17) is 11.6 Å². The second-order valence-corrected chi connectivity index (χ2v) is 37.4. The summed E-state index contributed by atoms with van der Waals surface area (Å²) in [5.41, 5.74) is 3.78. The summed E-state index contributed by atoms with van der Waals surface area (Å²) in [6.07, 6.45) is 5.67. The maximum Gasteiger partial charge on any atom is 0.501 e. The van der Waals surface area contributed by atoms with Gasteiger partial charge in [0, 0.05) is 130 Å². The SMILES string of the molecule is Cc1ncsc1-c1ccc([C@H](C)NC(=O)[C@@H]2C[C@@H](O)CN2C(=O)C(NC(=O)CN2CCC(N3CCN(CC[C@H](CSc4ccccc4)Nc4ccc(S(=O)(=O)NC(=O)c5ccc6c(c5)CCC5CN(CC7=C(c8ccc(Cl)cc8)CCC(C)(C)C7)CCN65)cc4S(=O)(=O)C(F)(F)F)CC3)CC2)C(C)(C)C)cc1. The Balaban J connectivity index is 0.633. The number of amides is 4. The molecule has 5 aromatic carbocycles. The molecule has 20 nitrogen and oxygen atoms in total. The van der Waals surface area contributed by atoms with E-state index in [1.54, 1.807) is 22.9 Å². The van der Waals surface area contributed by atoms with Gasteiger partial charge in [0.05, 0.1) is 45.4 Å². The number of thiazole rings is 1. The standard InChI is InChI=1S/C79H99ClF3N11O9S4/c1-51(53-13-15-55(16-14-53)72-52(2)84-50-105-72)85-75(98)69-42-63(95)47-94(69)76(99)73(77(3,4)5)87-71(96)48-90-33-29-61(30-34-90)92-38-35-89(36-39-92)32-28-60(49-104-64-11-9-8-10-12-64)86-67-25-24-65(43-70(67)106(100,101)79(81,82)83)107(102,103)88-74(97)57-20-26-68-56(41-57)19-23-62-46-91(37-40-93(62)68)45-58-44-78(6,7)31-27-66(58)54-17-21-59(80)22-18-54/h8-18,20-22,24-26,41,43,50-51,60-63,69,73,86,95H,19,23,27-40,42,44-49H2,1-7H3,(H,85,98)(H,87,96)(H,88,97)/t51-,60+,62?,63+,69-,73?/m0/s1. The molecular formula is C79H99ClF3N11O9S4. The number of β-amino-alcohol motifs (C(OH)–C–C–N with tert-alkyl or cyclic N) is 1. The molecule has 0 bridgehead atoms. The Morgan fingerprint density at radius 1 is 0.785 bits per heavy atom. The summed E-state index contributed by atoms with van der Waals surface area (Å²) in [6.45, 7) is 22.0. The van der Waals surface area contributed by atoms with Crippen molar-refractivity contribution in [1.82, 2.24) is 44.8 Å². The summed E-state index contributed by atoms with van der Waals surface area (Å²) in [4.78, 5) is 73.4. The van der Waals surface area contributed by atoms with Gasteiger partial charge in [-0.05, 0) is 165 Å². The van der Waals surface area contributed by atoms with Crippen molar-refractivity contribution in [3.05, 3.63) is 159 Å². The van der Waals surface area contributed by atoms with Crippen molar-refractivity contribution in [3.8, 4) is 10.4 Å². The van der Waals surface area contributed by atoms with Crippen molar-refractivity contribution >= 4 is 95.1 Å². The van der Waals surface area contributed by atoms with Crippen molar-refractivity contribution in [2.24, 2.45) is 10.8 Å². The van der Waals surface area contributed by atoms with Gasteiger partial charge in [-0.1, -0.05) is 106 Å². The zero-order valence-electron chi connectivity index (χ0n) is 61.8. The number of aliphatic hydroxyl groups is 1. The predicted molar refractivity (Wildman–Crippen MR) is 416 cm³/mol. The van der Waals surface area contributed by atoms with Crippen LogP contribution >= 0.6 is 34.7 Å². The number of piperazine rings is 2. The van der Waals surface area contributed by atoms with Crippen LogP contribution in [0.15, 0.2) is 141 Å². The molecule has 4 amide bonds. The van der Waals surface area contributed by atoms with Gasteiger partial charge >= 0.3 is 5.51 Å². The quantitative estimate of drug-likeness (QED) is 0.0354. The largest absolute Gasteiger partial charge is 0.501 e. The number of aryl methyl sites for hydroxylation is 2. The zero-order chi connectivity index (χ0) is 76.3. The number of piperidine rings is 1. The number of sulfonamides is 1. The second kappa shape index (κ2) is 33.3. The normalized spacial score (nSPS) is 21.1. The number of carbonyl (C=O) groups is 4. The van der Waals surface area contributed by atoms with Crippen LogP contribution in [0.5, 0.6) is 0 Å². The maximum absolute atomic E-state index is 14.7. The minimum absolute atomic E-state index is 0.0311. The highest BCUT2D eigenvalue weighted by Crippen LogP contribution is 2.44. The number of thioether (sulfide) groups is 1. The van der Waals surface area contributed by atoms with Crippen LogP contribution < -0.4 is 25.6 Å². The number of nitrogens with one attached hydrogen (secondary N) is 4. The summed E-state index contributed by atoms with van der Waals surface area (Å²) in [6, 6.07) is 30.4. The molecule has 6 aliphatic rings. The molecule has 1 aromatic heterocycles. The highest BCUT2D eigenvalue weighted by atomic mass is 35.5. The Labute approximate surface area is 640 Å². The van der Waals surface area contributed by atoms with Crippen molar-refractivity contribution in [2.45, 2.75) is 169 Å². The lowest BCUT2D eigenvalue weighted by atomic mass is 9.72. The average Bonchev–Trinajstić information content (AvgIpc) is 1.42. The molecule has 107 heavy (non-hydrogen) atoms. The first-order valence-corrected chi connectivity index (χ1v) is 42.3. The number of hydrogen-bond donors (Lipinski definition) is 5. The lowest BCUT2D eigenvalue weighted by Gasteiger charge is -2.47. The topological polar surface area (TPSA) is 237 Å². The van der Waals surface area contributed by atoms with Gasteiger partial charge in [0.2, 0.25) is 17.7 Å². The van der Waals surface area contributed by atoms with E-state index in [2.05, 4.69) is 71.4 Å². The molecule has 12 rings (SSSR count). The third kappa shape index (κ3) is 19.3. The van der Waals surface area contributed by atoms with Crippen LogP contribution in [0.2, 0.25) is 5.02 Å². The fourth-order valence-electron chi connectivity index (χ4n) is 16.1. The molecule has 0 spiro atoms. The van der Waals surface area contributed by atoms with Crippen LogP contribution in [-0.2, 0) is 40.7 Å². The molecule has 6 heterocycles. The Kier molecular flexibility index (Phi) is 24.8. The van der Waals surface area contributed by atoms with Crippen LogP contribution in [-0.4, -0.2) is 208 Å². The van der Waals surface area contributed by atoms with E-state index in [1.807, 2.05) is 112 Å². The Morgan fingerprint density at radius 2 is 1.49 bits per heavy atom. The van der Waals surface area contributed by atoms with Gasteiger partial charge in [0.25, 0.3) is 25.8 Å². The van der Waals surface area contributed by atoms with Gasteiger partial charge in [-0.3, -0.25) is 33.9 Å². The summed E-state index contributed by atoms with van der Waals surface area (Å²) in [5.74, 6) is -1.85. The number of benzene rings is 5. The van der Waals surface area contributed by atoms with Crippen molar-refractivity contribution in [2.75, 3.05) is 101 Å². The molecule has 0 saturated carbocycles. The van der Waals surface area contributed by atoms with E-state index < -0.39 is 82.3 Å². The van der Waals surface area contributed by atoms with E-state index in [0.717, 1.165) is 128 Å². The molecule has 4 saturated heterocycles. The molecule has 576 valence electrons. The van der Waals surface area contributed by atoms with Crippen molar-refractivity contribution < 1.29 is 54.3 Å². The van der Waals surface area contributed by atoms with Crippen LogP contribution in [0.1, 0.15) is 132 Å². The van der Waals surface area contributed by atoms with Gasteiger partial charge in [-0.25, -0.2) is 26.5 Å². The molecule has 4 fully saturated rings. The number of nitrogens with zero attached hydrogens (tertiary/aromatic N) is 7. The zero-order valence-corrected chi connectivity index (χ0v) is 65.9. The number of anilines is 2. The van der Waals surface area contributed by atoms with Gasteiger partial charge in [0.15, 0.2) is 0 Å². The number of halogens is 4. The smallest absolute Gasteiger partial charge is 0.391 e. The number of allylic oxidation sites excluding steroid dienone is 1. The number of rotatable bonds is 24. The number of aliphatic hydroxyl groups excluding tert-OH is 1. The molecule has 1 aliphatic carbocycles. The summed E-state index contributed by atoms with van der Waals surface area (Å²) in [5, 5.41) is 20.7. The van der Waals surface area contributed by atoms with Gasteiger partial charge in [0.1, 0.15) is 17.0 Å². The molecule has 5 N–H and O–H groups in total. The van der Waals surface area contributed by atoms with Crippen molar-refractivity contribution in [1.29, 1.82) is 0 Å².